The summed E-state index contributed by atoms with van der Waals surface area (Å²) in [6, 6.07) is 4.26. The Morgan fingerprint density at radius 3 is 2.67 bits per heavy atom. The van der Waals surface area contributed by atoms with E-state index in [2.05, 4.69) is 22.4 Å². The molecule has 2 heterocycles. The lowest BCUT2D eigenvalue weighted by Crippen LogP contribution is -2.39. The number of hydrogen-bond donors (Lipinski definition) is 1. The molecule has 2 rings (SSSR count). The summed E-state index contributed by atoms with van der Waals surface area (Å²) in [6.45, 7) is 3.48. The van der Waals surface area contributed by atoms with Gasteiger partial charge in [-0.1, -0.05) is 0 Å². The van der Waals surface area contributed by atoms with Crippen molar-refractivity contribution in [2.45, 2.75) is 0 Å². The summed E-state index contributed by atoms with van der Waals surface area (Å²) < 4.78 is 5.24. The molecule has 2 aliphatic rings. The Hall–Kier alpha value is -1.72. The number of morpholine rings is 1. The molecule has 0 aromatic carbocycles. The van der Waals surface area contributed by atoms with E-state index in [1.54, 1.807) is 0 Å². The van der Waals surface area contributed by atoms with Crippen molar-refractivity contribution in [3.05, 3.63) is 11.4 Å². The predicted octanol–water partition coefficient (Wildman–Crippen LogP) is -0.203. The van der Waals surface area contributed by atoms with Crippen LogP contribution in [0.3, 0.4) is 0 Å². The first-order valence-electron chi connectivity index (χ1n) is 4.97. The highest BCUT2D eigenvalue weighted by molar-refractivity contribution is 5.37. The fraction of sp³-hybridized carbons (Fsp3) is 0.600. The van der Waals surface area contributed by atoms with Gasteiger partial charge in [0.25, 0.3) is 0 Å². The first-order chi connectivity index (χ1) is 7.36. The van der Waals surface area contributed by atoms with Crippen molar-refractivity contribution < 1.29 is 4.74 Å². The van der Waals surface area contributed by atoms with Gasteiger partial charge in [-0.2, -0.15) is 10.5 Å². The highest BCUT2D eigenvalue weighted by Crippen LogP contribution is 2.22. The van der Waals surface area contributed by atoms with Crippen molar-refractivity contribution >= 4 is 0 Å². The van der Waals surface area contributed by atoms with Gasteiger partial charge in [-0.15, -0.1) is 0 Å². The van der Waals surface area contributed by atoms with Gasteiger partial charge in [0.2, 0.25) is 0 Å². The molecule has 1 fully saturated rings. The van der Waals surface area contributed by atoms with Gasteiger partial charge in [0.15, 0.2) is 0 Å². The molecule has 1 unspecified atom stereocenters. The lowest BCUT2D eigenvalue weighted by Gasteiger charge is -2.29. The minimum atomic E-state index is -0.298. The van der Waals surface area contributed by atoms with Crippen molar-refractivity contribution in [3.63, 3.8) is 0 Å². The number of rotatable bonds is 1. The summed E-state index contributed by atoms with van der Waals surface area (Å²) in [5.74, 6) is 0.528. The maximum Gasteiger partial charge on any atom is 0.117 e. The minimum Gasteiger partial charge on any atom is -0.378 e. The van der Waals surface area contributed by atoms with E-state index in [1.807, 2.05) is 0 Å². The molecule has 0 amide bonds. The molecule has 0 saturated carbocycles. The van der Waals surface area contributed by atoms with Crippen molar-refractivity contribution in [2.75, 3.05) is 32.8 Å². The SMILES string of the molecule is N#CC1=C(N2CCOCC2)NCC1C#N. The fourth-order valence-electron chi connectivity index (χ4n) is 1.87. The second kappa shape index (κ2) is 4.20. The Morgan fingerprint density at radius 2 is 2.07 bits per heavy atom. The van der Waals surface area contributed by atoms with Gasteiger partial charge in [0.1, 0.15) is 11.7 Å². The molecule has 0 spiro atoms. The predicted molar refractivity (Wildman–Crippen MR) is 52.1 cm³/mol. The largest absolute Gasteiger partial charge is 0.378 e. The van der Waals surface area contributed by atoms with Crippen LogP contribution in [0.4, 0.5) is 0 Å². The molecule has 1 N–H and O–H groups in total. The molecule has 78 valence electrons. The molecular formula is C10H12N4O. The summed E-state index contributed by atoms with van der Waals surface area (Å²) in [5.41, 5.74) is 0.569. The summed E-state index contributed by atoms with van der Waals surface area (Å²) in [6.07, 6.45) is 0. The van der Waals surface area contributed by atoms with Crippen LogP contribution < -0.4 is 5.32 Å². The van der Waals surface area contributed by atoms with Crippen LogP contribution in [0.2, 0.25) is 0 Å². The summed E-state index contributed by atoms with van der Waals surface area (Å²) >= 11 is 0. The van der Waals surface area contributed by atoms with Gasteiger partial charge in [-0.3, -0.25) is 0 Å². The average molecular weight is 204 g/mol. The number of nitriles is 2. The van der Waals surface area contributed by atoms with Gasteiger partial charge in [-0.05, 0) is 0 Å². The monoisotopic (exact) mass is 204 g/mol. The topological polar surface area (TPSA) is 72.1 Å². The van der Waals surface area contributed by atoms with Crippen LogP contribution in [0.25, 0.3) is 0 Å². The van der Waals surface area contributed by atoms with Crippen LogP contribution in [-0.2, 0) is 4.74 Å². The average Bonchev–Trinajstić information content (AvgIpc) is 2.72. The summed E-state index contributed by atoms with van der Waals surface area (Å²) in [7, 11) is 0. The molecular weight excluding hydrogens is 192 g/mol. The number of nitrogens with zero attached hydrogens (tertiary/aromatic N) is 3. The van der Waals surface area contributed by atoms with Crippen LogP contribution in [0.5, 0.6) is 0 Å². The van der Waals surface area contributed by atoms with E-state index in [4.69, 9.17) is 15.3 Å². The molecule has 0 aliphatic carbocycles. The van der Waals surface area contributed by atoms with Crippen molar-refractivity contribution in [3.8, 4) is 12.1 Å². The molecule has 5 heteroatoms. The standard InChI is InChI=1S/C10H12N4O/c11-5-8-7-13-10(9(8)6-12)14-1-3-15-4-2-14/h8,13H,1-4,7H2. The number of hydrogen-bond acceptors (Lipinski definition) is 5. The normalized spacial score (nSPS) is 25.7. The van der Waals surface area contributed by atoms with E-state index < -0.39 is 0 Å². The third-order valence-corrected chi connectivity index (χ3v) is 2.68. The van der Waals surface area contributed by atoms with Crippen molar-refractivity contribution in [1.82, 2.24) is 10.2 Å². The van der Waals surface area contributed by atoms with Crippen LogP contribution in [0.15, 0.2) is 11.4 Å². The lowest BCUT2D eigenvalue weighted by molar-refractivity contribution is 0.0509. The van der Waals surface area contributed by atoms with E-state index in [0.717, 1.165) is 18.9 Å². The molecule has 2 aliphatic heterocycles. The molecule has 1 saturated heterocycles. The Bertz CT molecular complexity index is 357. The molecule has 5 nitrogen and oxygen atoms in total. The Labute approximate surface area is 88.5 Å². The molecule has 0 bridgehead atoms. The zero-order chi connectivity index (χ0) is 10.7. The second-order valence-corrected chi connectivity index (χ2v) is 3.54. The van der Waals surface area contributed by atoms with Gasteiger partial charge in [0, 0.05) is 19.6 Å². The van der Waals surface area contributed by atoms with E-state index in [9.17, 15) is 0 Å². The zero-order valence-electron chi connectivity index (χ0n) is 8.36. The maximum atomic E-state index is 9.01. The Balaban J connectivity index is 2.20. The highest BCUT2D eigenvalue weighted by Gasteiger charge is 2.29. The second-order valence-electron chi connectivity index (χ2n) is 3.54. The first kappa shape index (κ1) is 9.82. The smallest absolute Gasteiger partial charge is 0.117 e. The zero-order valence-corrected chi connectivity index (χ0v) is 8.36. The van der Waals surface area contributed by atoms with Crippen LogP contribution in [-0.4, -0.2) is 37.7 Å². The molecule has 0 aromatic heterocycles. The Morgan fingerprint density at radius 1 is 1.33 bits per heavy atom. The van der Waals surface area contributed by atoms with Crippen LogP contribution in [0.1, 0.15) is 0 Å². The van der Waals surface area contributed by atoms with Gasteiger partial charge >= 0.3 is 0 Å². The Kier molecular flexibility index (Phi) is 2.75. The third kappa shape index (κ3) is 1.74. The summed E-state index contributed by atoms with van der Waals surface area (Å²) in [5, 5.41) is 21.0. The van der Waals surface area contributed by atoms with Crippen LogP contribution >= 0.6 is 0 Å². The molecule has 0 radical (unpaired) electrons. The van der Waals surface area contributed by atoms with E-state index in [1.165, 1.54) is 0 Å². The molecule has 0 aromatic rings. The lowest BCUT2D eigenvalue weighted by atomic mass is 10.1. The highest BCUT2D eigenvalue weighted by atomic mass is 16.5. The van der Waals surface area contributed by atoms with Crippen molar-refractivity contribution in [1.29, 1.82) is 10.5 Å². The minimum absolute atomic E-state index is 0.298. The third-order valence-electron chi connectivity index (χ3n) is 2.68. The van der Waals surface area contributed by atoms with Gasteiger partial charge in [-0.25, -0.2) is 0 Å². The number of ether oxygens (including phenoxy) is 1. The van der Waals surface area contributed by atoms with E-state index >= 15 is 0 Å². The quantitative estimate of drug-likeness (QED) is 0.640. The van der Waals surface area contributed by atoms with Gasteiger partial charge < -0.3 is 15.0 Å². The summed E-state index contributed by atoms with van der Waals surface area (Å²) in [4.78, 5) is 2.08. The van der Waals surface area contributed by atoms with E-state index in [0.29, 0.717) is 25.3 Å². The fourth-order valence-corrected chi connectivity index (χ4v) is 1.87. The first-order valence-corrected chi connectivity index (χ1v) is 4.97. The molecule has 1 atom stereocenters. The van der Waals surface area contributed by atoms with Crippen molar-refractivity contribution in [2.24, 2.45) is 5.92 Å². The molecule has 15 heavy (non-hydrogen) atoms. The van der Waals surface area contributed by atoms with Gasteiger partial charge in [0.05, 0.1) is 30.9 Å². The maximum absolute atomic E-state index is 9.01. The van der Waals surface area contributed by atoms with E-state index in [-0.39, 0.29) is 5.92 Å². The van der Waals surface area contributed by atoms with Crippen LogP contribution in [0, 0.1) is 28.6 Å². The number of nitrogens with one attached hydrogen (secondary N) is 1.